The van der Waals surface area contributed by atoms with Gasteiger partial charge >= 0.3 is 0 Å². The van der Waals surface area contributed by atoms with E-state index in [0.29, 0.717) is 0 Å². The molecule has 0 saturated heterocycles. The molecule has 0 amide bonds. The number of para-hydroxylation sites is 1. The van der Waals surface area contributed by atoms with Crippen molar-refractivity contribution in [2.45, 2.75) is 5.41 Å². The maximum atomic E-state index is 6.42. The van der Waals surface area contributed by atoms with Crippen LogP contribution in [-0.2, 0) is 5.41 Å². The van der Waals surface area contributed by atoms with Crippen LogP contribution in [0.5, 0.6) is 11.5 Å². The number of nitrogens with zero attached hydrogens (tertiary/aromatic N) is 2. The van der Waals surface area contributed by atoms with Crippen LogP contribution in [0, 0.1) is 0 Å². The topological polar surface area (TPSA) is 17.4 Å². The minimum absolute atomic E-state index is 0.634. The molecule has 0 spiro atoms. The van der Waals surface area contributed by atoms with Crippen LogP contribution in [0.25, 0.3) is 83.8 Å². The van der Waals surface area contributed by atoms with Crippen molar-refractivity contribution < 1.29 is 4.74 Å². The van der Waals surface area contributed by atoms with E-state index in [4.69, 9.17) is 4.74 Å². The van der Waals surface area contributed by atoms with E-state index in [1.807, 2.05) is 36.4 Å². The van der Waals surface area contributed by atoms with Gasteiger partial charge < -0.3 is 14.2 Å². The molecule has 0 bridgehead atoms. The monoisotopic (exact) mass is 996 g/mol. The van der Waals surface area contributed by atoms with Gasteiger partial charge in [0.1, 0.15) is 11.5 Å². The predicted molar refractivity (Wildman–Crippen MR) is 328 cm³/mol. The highest BCUT2D eigenvalue weighted by Crippen LogP contribution is 2.57. The van der Waals surface area contributed by atoms with E-state index in [0.717, 1.165) is 62.1 Å². The smallest absolute Gasteiger partial charge is 0.127 e. The average molecular weight is 997 g/mol. The van der Waals surface area contributed by atoms with Gasteiger partial charge in [-0.2, -0.15) is 0 Å². The van der Waals surface area contributed by atoms with E-state index in [-0.39, 0.29) is 0 Å². The summed E-state index contributed by atoms with van der Waals surface area (Å²) in [5.41, 5.74) is 20.2. The fourth-order valence-corrected chi connectivity index (χ4v) is 12.1. The summed E-state index contributed by atoms with van der Waals surface area (Å²) in [5.74, 6) is 1.56. The van der Waals surface area contributed by atoms with Gasteiger partial charge in [-0.1, -0.05) is 207 Å². The summed E-state index contributed by atoms with van der Waals surface area (Å²) >= 11 is 0. The summed E-state index contributed by atoms with van der Waals surface area (Å²) < 4.78 is 8.81. The number of hydrogen-bond acceptors (Lipinski definition) is 2. The Bertz CT molecular complexity index is 4400. The zero-order valence-electron chi connectivity index (χ0n) is 42.9. The first kappa shape index (κ1) is 46.3. The average Bonchev–Trinajstić information content (AvgIpc) is 4.23. The number of benzene rings is 12. The van der Waals surface area contributed by atoms with Crippen LogP contribution in [-0.4, -0.2) is 4.57 Å². The first-order chi connectivity index (χ1) is 38.5. The van der Waals surface area contributed by atoms with Crippen LogP contribution in [0.1, 0.15) is 33.4 Å². The van der Waals surface area contributed by atoms with Crippen LogP contribution >= 0.6 is 0 Å². The van der Waals surface area contributed by atoms with Crippen LogP contribution in [0.3, 0.4) is 0 Å². The quantitative estimate of drug-likeness (QED) is 0.121. The molecule has 3 heteroatoms. The summed E-state index contributed by atoms with van der Waals surface area (Å²) in [5, 5.41) is 4.80. The number of anilines is 3. The third-order valence-electron chi connectivity index (χ3n) is 15.8. The first-order valence-electron chi connectivity index (χ1n) is 26.6. The van der Waals surface area contributed by atoms with Gasteiger partial charge in [0.25, 0.3) is 0 Å². The molecule has 13 aromatic rings. The molecule has 12 aromatic carbocycles. The van der Waals surface area contributed by atoms with Gasteiger partial charge in [0.05, 0.1) is 16.4 Å². The third-order valence-corrected chi connectivity index (χ3v) is 15.8. The van der Waals surface area contributed by atoms with E-state index >= 15 is 0 Å². The van der Waals surface area contributed by atoms with Crippen LogP contribution < -0.4 is 9.64 Å². The molecule has 0 N–H and O–H groups in total. The maximum absolute atomic E-state index is 6.42. The van der Waals surface area contributed by atoms with Gasteiger partial charge in [-0.05, 0) is 175 Å². The molecule has 1 aliphatic carbocycles. The SMILES string of the molecule is C=Cc1ccc(Oc2ccc(C3(c4ccccc4)c4ccccc4-c4ccc(N(c5ccc(-c6ccc7c(c6)c6cc(-c8ccc(C=C)cc8)ccc6n7-c6ccccc6)cc5)c5ccc6ccccc6c5)cc43)cc2)cc1. The maximum Gasteiger partial charge on any atom is 0.127 e. The normalized spacial score (nSPS) is 13.5. The Balaban J connectivity index is 0.902. The van der Waals surface area contributed by atoms with E-state index in [9.17, 15) is 0 Å². The van der Waals surface area contributed by atoms with Gasteiger partial charge in [0.2, 0.25) is 0 Å². The zero-order chi connectivity index (χ0) is 52.2. The highest BCUT2D eigenvalue weighted by molar-refractivity contribution is 6.11. The van der Waals surface area contributed by atoms with Crippen LogP contribution in [0.2, 0.25) is 0 Å². The number of fused-ring (bicyclic) bond motifs is 7. The molecule has 0 saturated carbocycles. The lowest BCUT2D eigenvalue weighted by molar-refractivity contribution is 0.482. The highest BCUT2D eigenvalue weighted by Gasteiger charge is 2.46. The molecule has 0 radical (unpaired) electrons. The molecule has 78 heavy (non-hydrogen) atoms. The zero-order valence-corrected chi connectivity index (χ0v) is 42.9. The molecule has 0 fully saturated rings. The fraction of sp³-hybridized carbons (Fsp3) is 0.0133. The number of aromatic nitrogens is 1. The Hall–Kier alpha value is -10.2. The predicted octanol–water partition coefficient (Wildman–Crippen LogP) is 20.2. The van der Waals surface area contributed by atoms with Crippen molar-refractivity contribution in [3.8, 4) is 50.6 Å². The van der Waals surface area contributed by atoms with Crippen molar-refractivity contribution in [3.05, 3.63) is 326 Å². The lowest BCUT2D eigenvalue weighted by Gasteiger charge is -2.35. The second-order valence-corrected chi connectivity index (χ2v) is 20.2. The standard InChI is InChI=1S/C75H52N2O/c1-3-51-23-27-54(28-24-51)57-32-45-73-69(48-57)70-49-58(33-46-74(70)77(73)61-19-9-6-10-20-61)55-29-36-62(37-30-55)76(63-38-31-53-15-11-12-16-56(53)47-63)64-39-44-68-67-21-13-14-22-71(67)75(72(68)50-64,59-17-7-5-8-18-59)60-34-42-66(43-35-60)78-65-40-25-52(4-2)26-41-65/h3-50H,1-2H2. The van der Waals surface area contributed by atoms with Crippen molar-refractivity contribution in [2.24, 2.45) is 0 Å². The highest BCUT2D eigenvalue weighted by atomic mass is 16.5. The molecule has 1 heterocycles. The van der Waals surface area contributed by atoms with Gasteiger partial charge in [-0.3, -0.25) is 0 Å². The van der Waals surface area contributed by atoms with E-state index in [1.54, 1.807) is 0 Å². The van der Waals surface area contributed by atoms with Crippen molar-refractivity contribution >= 4 is 61.8 Å². The summed E-state index contributed by atoms with van der Waals surface area (Å²) in [4.78, 5) is 2.42. The third kappa shape index (κ3) is 7.83. The molecular formula is C75H52N2O. The lowest BCUT2D eigenvalue weighted by atomic mass is 9.67. The molecule has 1 aromatic heterocycles. The molecule has 0 aliphatic heterocycles. The van der Waals surface area contributed by atoms with Gasteiger partial charge in [0, 0.05) is 33.5 Å². The second-order valence-electron chi connectivity index (χ2n) is 20.2. The molecule has 1 aliphatic rings. The van der Waals surface area contributed by atoms with Gasteiger partial charge in [0.15, 0.2) is 0 Å². The summed E-state index contributed by atoms with van der Waals surface area (Å²) in [6.45, 7) is 7.88. The number of rotatable bonds is 12. The Morgan fingerprint density at radius 2 is 0.846 bits per heavy atom. The van der Waals surface area contributed by atoms with Gasteiger partial charge in [-0.25, -0.2) is 0 Å². The van der Waals surface area contributed by atoms with Crippen molar-refractivity contribution in [3.63, 3.8) is 0 Å². The van der Waals surface area contributed by atoms with Crippen molar-refractivity contribution in [2.75, 3.05) is 4.90 Å². The molecule has 368 valence electrons. The fourth-order valence-electron chi connectivity index (χ4n) is 12.1. The van der Waals surface area contributed by atoms with E-state index in [1.165, 1.54) is 71.5 Å². The molecule has 1 unspecified atom stereocenters. The Labute approximate surface area is 455 Å². The van der Waals surface area contributed by atoms with Gasteiger partial charge in [-0.15, -0.1) is 0 Å². The lowest BCUT2D eigenvalue weighted by Crippen LogP contribution is -2.28. The van der Waals surface area contributed by atoms with Crippen LogP contribution in [0.4, 0.5) is 17.1 Å². The largest absolute Gasteiger partial charge is 0.457 e. The summed E-state index contributed by atoms with van der Waals surface area (Å²) in [6, 6.07) is 101. The second kappa shape index (κ2) is 19.2. The molecule has 14 rings (SSSR count). The van der Waals surface area contributed by atoms with Crippen molar-refractivity contribution in [1.29, 1.82) is 0 Å². The Kier molecular flexibility index (Phi) is 11.4. The minimum atomic E-state index is -0.634. The number of hydrogen-bond donors (Lipinski definition) is 0. The van der Waals surface area contributed by atoms with E-state index in [2.05, 4.69) is 277 Å². The molecule has 1 atom stereocenters. The summed E-state index contributed by atoms with van der Waals surface area (Å²) in [6.07, 6.45) is 3.73. The Morgan fingerprint density at radius 3 is 1.50 bits per heavy atom. The van der Waals surface area contributed by atoms with Crippen molar-refractivity contribution in [1.82, 2.24) is 4.57 Å². The summed E-state index contributed by atoms with van der Waals surface area (Å²) in [7, 11) is 0. The Morgan fingerprint density at radius 1 is 0.359 bits per heavy atom. The molecular weight excluding hydrogens is 945 g/mol. The molecule has 3 nitrogen and oxygen atoms in total. The van der Waals surface area contributed by atoms with Crippen LogP contribution in [0.15, 0.2) is 292 Å². The minimum Gasteiger partial charge on any atom is -0.457 e. The van der Waals surface area contributed by atoms with E-state index < -0.39 is 5.41 Å². The number of ether oxygens (including phenoxy) is 1. The first-order valence-corrected chi connectivity index (χ1v) is 26.6.